The zero-order valence-electron chi connectivity index (χ0n) is 12.4. The predicted octanol–water partition coefficient (Wildman–Crippen LogP) is 2.31. The highest BCUT2D eigenvalue weighted by atomic mass is 35.5. The first-order valence-corrected chi connectivity index (χ1v) is 6.93. The van der Waals surface area contributed by atoms with Crippen molar-refractivity contribution in [2.75, 3.05) is 23.7 Å². The summed E-state index contributed by atoms with van der Waals surface area (Å²) in [5.41, 5.74) is 2.38. The number of benzene rings is 1. The van der Waals surface area contributed by atoms with Gasteiger partial charge < -0.3 is 16.0 Å². The molecule has 1 aromatic carbocycles. The molecule has 1 saturated carbocycles. The molecule has 3 N–H and O–H groups in total. The lowest BCUT2D eigenvalue weighted by atomic mass is 10.1. The molecule has 1 aliphatic carbocycles. The molecule has 1 aliphatic rings. The standard InChI is InChI=1S/C15H21N3O2.ClH/c1-10-3-6-13(7-14(10)17-11(2)19)18-15(20)9-16-8-12-4-5-12;/h3,6-7,12,16H,4-5,8-9H2,1-2H3,(H,17,19)(H,18,20);1H. The first kappa shape index (κ1) is 17.5. The third-order valence-corrected chi connectivity index (χ3v) is 3.25. The Bertz CT molecular complexity index is 516. The van der Waals surface area contributed by atoms with Crippen molar-refractivity contribution >= 4 is 35.6 Å². The van der Waals surface area contributed by atoms with E-state index in [1.165, 1.54) is 19.8 Å². The first-order chi connectivity index (χ1) is 9.54. The van der Waals surface area contributed by atoms with Crippen molar-refractivity contribution in [1.29, 1.82) is 0 Å². The fourth-order valence-corrected chi connectivity index (χ4v) is 1.94. The van der Waals surface area contributed by atoms with Crippen LogP contribution in [0.1, 0.15) is 25.3 Å². The lowest BCUT2D eigenvalue weighted by molar-refractivity contribution is -0.115. The smallest absolute Gasteiger partial charge is 0.238 e. The summed E-state index contributed by atoms with van der Waals surface area (Å²) < 4.78 is 0. The third kappa shape index (κ3) is 6.14. The molecule has 1 aromatic rings. The number of rotatable bonds is 6. The van der Waals surface area contributed by atoms with Crippen LogP contribution >= 0.6 is 12.4 Å². The van der Waals surface area contributed by atoms with Crippen LogP contribution in [0.2, 0.25) is 0 Å². The number of carbonyl (C=O) groups excluding carboxylic acids is 2. The number of aryl methyl sites for hydroxylation is 1. The van der Waals surface area contributed by atoms with E-state index in [1.54, 1.807) is 6.07 Å². The number of amides is 2. The highest BCUT2D eigenvalue weighted by molar-refractivity contribution is 5.94. The minimum Gasteiger partial charge on any atom is -0.326 e. The summed E-state index contributed by atoms with van der Waals surface area (Å²) in [5.74, 6) is 0.569. The molecule has 1 fully saturated rings. The van der Waals surface area contributed by atoms with Crippen LogP contribution in [-0.4, -0.2) is 24.9 Å². The Morgan fingerprint density at radius 2 is 1.95 bits per heavy atom. The van der Waals surface area contributed by atoms with Crippen LogP contribution in [0.3, 0.4) is 0 Å². The average molecular weight is 312 g/mol. The second-order valence-corrected chi connectivity index (χ2v) is 5.33. The van der Waals surface area contributed by atoms with Gasteiger partial charge >= 0.3 is 0 Å². The molecular weight excluding hydrogens is 290 g/mol. The van der Waals surface area contributed by atoms with E-state index < -0.39 is 0 Å². The average Bonchev–Trinajstić information content (AvgIpc) is 3.17. The van der Waals surface area contributed by atoms with Crippen molar-refractivity contribution in [3.05, 3.63) is 23.8 Å². The van der Waals surface area contributed by atoms with Crippen molar-refractivity contribution in [3.8, 4) is 0 Å². The van der Waals surface area contributed by atoms with Gasteiger partial charge in [-0.3, -0.25) is 9.59 Å². The third-order valence-electron chi connectivity index (χ3n) is 3.25. The highest BCUT2D eigenvalue weighted by Gasteiger charge is 2.20. The molecule has 21 heavy (non-hydrogen) atoms. The van der Waals surface area contributed by atoms with E-state index in [4.69, 9.17) is 0 Å². The minimum absolute atomic E-state index is 0. The van der Waals surface area contributed by atoms with E-state index in [0.29, 0.717) is 12.2 Å². The first-order valence-electron chi connectivity index (χ1n) is 6.93. The molecule has 116 valence electrons. The topological polar surface area (TPSA) is 70.2 Å². The molecular formula is C15H22ClN3O2. The summed E-state index contributed by atoms with van der Waals surface area (Å²) in [7, 11) is 0. The van der Waals surface area contributed by atoms with Crippen LogP contribution < -0.4 is 16.0 Å². The fourth-order valence-electron chi connectivity index (χ4n) is 1.94. The second kappa shape index (κ2) is 8.00. The Labute approximate surface area is 131 Å². The summed E-state index contributed by atoms with van der Waals surface area (Å²) in [5, 5.41) is 8.72. The Kier molecular flexibility index (Phi) is 6.65. The molecule has 6 heteroatoms. The van der Waals surface area contributed by atoms with Gasteiger partial charge in [0.1, 0.15) is 0 Å². The van der Waals surface area contributed by atoms with Gasteiger partial charge in [-0.25, -0.2) is 0 Å². The van der Waals surface area contributed by atoms with Gasteiger partial charge in [-0.2, -0.15) is 0 Å². The van der Waals surface area contributed by atoms with Crippen LogP contribution in [-0.2, 0) is 9.59 Å². The van der Waals surface area contributed by atoms with Crippen molar-refractivity contribution in [1.82, 2.24) is 5.32 Å². The number of carbonyl (C=O) groups is 2. The van der Waals surface area contributed by atoms with Gasteiger partial charge in [0.25, 0.3) is 0 Å². The van der Waals surface area contributed by atoms with Crippen molar-refractivity contribution in [2.45, 2.75) is 26.7 Å². The minimum atomic E-state index is -0.123. The maximum absolute atomic E-state index is 11.8. The molecule has 0 bridgehead atoms. The molecule has 0 radical (unpaired) electrons. The van der Waals surface area contributed by atoms with E-state index in [2.05, 4.69) is 16.0 Å². The lowest BCUT2D eigenvalue weighted by Crippen LogP contribution is -2.29. The Morgan fingerprint density at radius 1 is 1.24 bits per heavy atom. The molecule has 0 atom stereocenters. The van der Waals surface area contributed by atoms with Crippen molar-refractivity contribution < 1.29 is 9.59 Å². The summed E-state index contributed by atoms with van der Waals surface area (Å²) in [6.07, 6.45) is 2.54. The Hall–Kier alpha value is -1.59. The SMILES string of the molecule is CC(=O)Nc1cc(NC(=O)CNCC2CC2)ccc1C.Cl. The maximum atomic E-state index is 11.8. The molecule has 0 unspecified atom stereocenters. The molecule has 5 nitrogen and oxygen atoms in total. The normalized spacial score (nSPS) is 13.2. The maximum Gasteiger partial charge on any atom is 0.238 e. The monoisotopic (exact) mass is 311 g/mol. The van der Waals surface area contributed by atoms with E-state index in [-0.39, 0.29) is 24.2 Å². The predicted molar refractivity (Wildman–Crippen MR) is 87.0 cm³/mol. The van der Waals surface area contributed by atoms with Crippen LogP contribution in [0.25, 0.3) is 0 Å². The molecule has 2 amide bonds. The number of nitrogens with one attached hydrogen (secondary N) is 3. The fraction of sp³-hybridized carbons (Fsp3) is 0.467. The summed E-state index contributed by atoms with van der Waals surface area (Å²) >= 11 is 0. The van der Waals surface area contributed by atoms with Crippen LogP contribution in [0.15, 0.2) is 18.2 Å². The molecule has 0 saturated heterocycles. The van der Waals surface area contributed by atoms with E-state index >= 15 is 0 Å². The molecule has 0 aliphatic heterocycles. The van der Waals surface area contributed by atoms with E-state index in [9.17, 15) is 9.59 Å². The number of hydrogen-bond donors (Lipinski definition) is 3. The molecule has 0 heterocycles. The van der Waals surface area contributed by atoms with Crippen LogP contribution in [0.5, 0.6) is 0 Å². The van der Waals surface area contributed by atoms with Gasteiger partial charge in [0.15, 0.2) is 0 Å². The Balaban J connectivity index is 0.00000220. The lowest BCUT2D eigenvalue weighted by Gasteiger charge is -2.11. The highest BCUT2D eigenvalue weighted by Crippen LogP contribution is 2.27. The quantitative estimate of drug-likeness (QED) is 0.755. The second-order valence-electron chi connectivity index (χ2n) is 5.33. The Morgan fingerprint density at radius 3 is 2.57 bits per heavy atom. The zero-order chi connectivity index (χ0) is 14.5. The molecule has 2 rings (SSSR count). The van der Waals surface area contributed by atoms with Crippen LogP contribution in [0, 0.1) is 12.8 Å². The number of halogens is 1. The van der Waals surface area contributed by atoms with Gasteiger partial charge in [0.2, 0.25) is 11.8 Å². The number of hydrogen-bond acceptors (Lipinski definition) is 3. The number of anilines is 2. The van der Waals surface area contributed by atoms with Gasteiger partial charge in [-0.15, -0.1) is 12.4 Å². The van der Waals surface area contributed by atoms with E-state index in [0.717, 1.165) is 23.7 Å². The molecule has 0 aromatic heterocycles. The summed E-state index contributed by atoms with van der Waals surface area (Å²) in [4.78, 5) is 22.9. The summed E-state index contributed by atoms with van der Waals surface area (Å²) in [6, 6.07) is 5.48. The van der Waals surface area contributed by atoms with Gasteiger partial charge in [-0.05, 0) is 49.9 Å². The zero-order valence-corrected chi connectivity index (χ0v) is 13.2. The van der Waals surface area contributed by atoms with Gasteiger partial charge in [-0.1, -0.05) is 6.07 Å². The molecule has 0 spiro atoms. The van der Waals surface area contributed by atoms with Gasteiger partial charge in [0.05, 0.1) is 6.54 Å². The summed E-state index contributed by atoms with van der Waals surface area (Å²) in [6.45, 7) is 4.61. The largest absolute Gasteiger partial charge is 0.326 e. The van der Waals surface area contributed by atoms with Crippen LogP contribution in [0.4, 0.5) is 11.4 Å². The van der Waals surface area contributed by atoms with Gasteiger partial charge in [0, 0.05) is 18.3 Å². The van der Waals surface area contributed by atoms with Crippen molar-refractivity contribution in [3.63, 3.8) is 0 Å². The van der Waals surface area contributed by atoms with Crippen molar-refractivity contribution in [2.24, 2.45) is 5.92 Å². The van der Waals surface area contributed by atoms with E-state index in [1.807, 2.05) is 19.1 Å².